The smallest absolute Gasteiger partial charge is 0.252 e. The van der Waals surface area contributed by atoms with E-state index in [1.165, 1.54) is 11.1 Å². The maximum absolute atomic E-state index is 12.2. The number of nitrogens with zero attached hydrogens (tertiary/aromatic N) is 2. The molecule has 0 radical (unpaired) electrons. The van der Waals surface area contributed by atoms with Crippen LogP contribution >= 0.6 is 0 Å². The third-order valence-electron chi connectivity index (χ3n) is 3.58. The fourth-order valence-electron chi connectivity index (χ4n) is 2.55. The fourth-order valence-corrected chi connectivity index (χ4v) is 2.55. The molecule has 1 aromatic carbocycles. The van der Waals surface area contributed by atoms with E-state index in [0.717, 1.165) is 24.3 Å². The van der Waals surface area contributed by atoms with Gasteiger partial charge in [0.25, 0.3) is 5.91 Å². The van der Waals surface area contributed by atoms with Crippen molar-refractivity contribution < 1.29 is 4.79 Å². The Hall–Kier alpha value is -2.40. The average Bonchev–Trinajstić information content (AvgIpc) is 2.50. The van der Waals surface area contributed by atoms with E-state index in [9.17, 15) is 4.79 Å². The molecule has 0 bridgehead atoms. The van der Waals surface area contributed by atoms with Crippen LogP contribution < -0.4 is 10.6 Å². The lowest BCUT2D eigenvalue weighted by Gasteiger charge is -2.11. The number of hydrogen-bond donors (Lipinski definition) is 2. The standard InChI is InChI=1S/C19H26N4O/c1-14-8-15(2)10-17(9-14)22-18-11-16(12-20-13-18)19(24)21-6-5-7-23(3)4/h8-13,22H,5-7H2,1-4H3,(H,21,24). The summed E-state index contributed by atoms with van der Waals surface area (Å²) in [6.07, 6.45) is 4.24. The molecule has 1 amide bonds. The number of nitrogens with one attached hydrogen (secondary N) is 2. The zero-order valence-electron chi connectivity index (χ0n) is 14.9. The molecule has 24 heavy (non-hydrogen) atoms. The van der Waals surface area contributed by atoms with Crippen LogP contribution in [-0.2, 0) is 0 Å². The van der Waals surface area contributed by atoms with Crippen LogP contribution in [0, 0.1) is 13.8 Å². The first-order valence-electron chi connectivity index (χ1n) is 8.17. The van der Waals surface area contributed by atoms with Crippen LogP contribution in [-0.4, -0.2) is 43.0 Å². The van der Waals surface area contributed by atoms with Crippen LogP contribution in [0.25, 0.3) is 0 Å². The van der Waals surface area contributed by atoms with Gasteiger partial charge in [0.15, 0.2) is 0 Å². The van der Waals surface area contributed by atoms with Crippen molar-refractivity contribution in [3.8, 4) is 0 Å². The molecule has 1 heterocycles. The molecule has 0 aliphatic heterocycles. The Morgan fingerprint density at radius 1 is 1.04 bits per heavy atom. The van der Waals surface area contributed by atoms with E-state index < -0.39 is 0 Å². The molecule has 2 N–H and O–H groups in total. The van der Waals surface area contributed by atoms with Gasteiger partial charge < -0.3 is 15.5 Å². The highest BCUT2D eigenvalue weighted by atomic mass is 16.1. The second-order valence-electron chi connectivity index (χ2n) is 6.38. The van der Waals surface area contributed by atoms with E-state index in [1.807, 2.05) is 20.2 Å². The highest BCUT2D eigenvalue weighted by Crippen LogP contribution is 2.19. The van der Waals surface area contributed by atoms with E-state index in [-0.39, 0.29) is 5.91 Å². The Balaban J connectivity index is 1.99. The van der Waals surface area contributed by atoms with Crippen LogP contribution in [0.3, 0.4) is 0 Å². The Labute approximate surface area is 144 Å². The van der Waals surface area contributed by atoms with E-state index in [1.54, 1.807) is 12.4 Å². The average molecular weight is 326 g/mol. The predicted octanol–water partition coefficient (Wildman–Crippen LogP) is 3.12. The molecule has 2 rings (SSSR count). The number of pyridine rings is 1. The van der Waals surface area contributed by atoms with Gasteiger partial charge >= 0.3 is 0 Å². The zero-order valence-corrected chi connectivity index (χ0v) is 14.9. The molecule has 0 fully saturated rings. The minimum absolute atomic E-state index is 0.0923. The van der Waals surface area contributed by atoms with Gasteiger partial charge in [0.1, 0.15) is 0 Å². The molecule has 0 saturated carbocycles. The third kappa shape index (κ3) is 5.66. The van der Waals surface area contributed by atoms with E-state index in [0.29, 0.717) is 12.1 Å². The Kier molecular flexibility index (Phi) is 6.32. The van der Waals surface area contributed by atoms with Gasteiger partial charge in [-0.2, -0.15) is 0 Å². The van der Waals surface area contributed by atoms with Gasteiger partial charge in [0.2, 0.25) is 0 Å². The van der Waals surface area contributed by atoms with Crippen molar-refractivity contribution in [2.45, 2.75) is 20.3 Å². The van der Waals surface area contributed by atoms with Crippen molar-refractivity contribution in [2.75, 3.05) is 32.5 Å². The summed E-state index contributed by atoms with van der Waals surface area (Å²) in [7, 11) is 4.04. The normalized spacial score (nSPS) is 10.7. The number of anilines is 2. The summed E-state index contributed by atoms with van der Waals surface area (Å²) < 4.78 is 0. The molecule has 0 atom stereocenters. The number of carbonyl (C=O) groups excluding carboxylic acids is 1. The van der Waals surface area contributed by atoms with Gasteiger partial charge in [-0.1, -0.05) is 6.07 Å². The first kappa shape index (κ1) is 17.9. The highest BCUT2D eigenvalue weighted by molar-refractivity contribution is 5.94. The SMILES string of the molecule is Cc1cc(C)cc(Nc2cncc(C(=O)NCCCN(C)C)c2)c1. The Morgan fingerprint density at radius 3 is 2.42 bits per heavy atom. The van der Waals surface area contributed by atoms with E-state index in [4.69, 9.17) is 0 Å². The molecule has 0 aliphatic rings. The van der Waals surface area contributed by atoms with Crippen LogP contribution in [0.4, 0.5) is 11.4 Å². The number of aryl methyl sites for hydroxylation is 2. The number of aromatic nitrogens is 1. The predicted molar refractivity (Wildman–Crippen MR) is 98.9 cm³/mol. The molecular formula is C19H26N4O. The fraction of sp³-hybridized carbons (Fsp3) is 0.368. The van der Waals surface area contributed by atoms with Gasteiger partial charge in [-0.15, -0.1) is 0 Å². The van der Waals surface area contributed by atoms with E-state index >= 15 is 0 Å². The minimum Gasteiger partial charge on any atom is -0.354 e. The summed E-state index contributed by atoms with van der Waals surface area (Å²) >= 11 is 0. The second kappa shape index (κ2) is 8.45. The van der Waals surface area contributed by atoms with Crippen LogP contribution in [0.5, 0.6) is 0 Å². The molecule has 1 aromatic heterocycles. The monoisotopic (exact) mass is 326 g/mol. The number of benzene rings is 1. The van der Waals surface area contributed by atoms with Crippen molar-refractivity contribution in [2.24, 2.45) is 0 Å². The van der Waals surface area contributed by atoms with Gasteiger partial charge in [-0.3, -0.25) is 9.78 Å². The maximum atomic E-state index is 12.2. The first-order valence-corrected chi connectivity index (χ1v) is 8.17. The Bertz CT molecular complexity index is 677. The summed E-state index contributed by atoms with van der Waals surface area (Å²) in [6, 6.07) is 8.09. The molecule has 0 unspecified atom stereocenters. The van der Waals surface area contributed by atoms with Crippen molar-refractivity contribution in [3.05, 3.63) is 53.3 Å². The molecule has 2 aromatic rings. The zero-order chi connectivity index (χ0) is 17.5. The number of rotatable bonds is 7. The maximum Gasteiger partial charge on any atom is 0.252 e. The molecule has 0 spiro atoms. The van der Waals surface area contributed by atoms with Crippen LogP contribution in [0.2, 0.25) is 0 Å². The molecule has 5 heteroatoms. The summed E-state index contributed by atoms with van der Waals surface area (Å²) in [6.45, 7) is 5.74. The molecule has 5 nitrogen and oxygen atoms in total. The van der Waals surface area contributed by atoms with Crippen molar-refractivity contribution in [3.63, 3.8) is 0 Å². The second-order valence-corrected chi connectivity index (χ2v) is 6.38. The first-order chi connectivity index (χ1) is 11.4. The topological polar surface area (TPSA) is 57.3 Å². The van der Waals surface area contributed by atoms with Crippen molar-refractivity contribution in [1.29, 1.82) is 0 Å². The molecule has 0 aliphatic carbocycles. The lowest BCUT2D eigenvalue weighted by molar-refractivity contribution is 0.0952. The summed E-state index contributed by atoms with van der Waals surface area (Å²) in [5.74, 6) is -0.0923. The summed E-state index contributed by atoms with van der Waals surface area (Å²) in [5, 5.41) is 6.24. The third-order valence-corrected chi connectivity index (χ3v) is 3.58. The van der Waals surface area contributed by atoms with E-state index in [2.05, 4.69) is 52.6 Å². The lowest BCUT2D eigenvalue weighted by atomic mass is 10.1. The van der Waals surface area contributed by atoms with Gasteiger partial charge in [-0.25, -0.2) is 0 Å². The number of carbonyl (C=O) groups is 1. The number of hydrogen-bond acceptors (Lipinski definition) is 4. The van der Waals surface area contributed by atoms with Crippen LogP contribution in [0.1, 0.15) is 27.9 Å². The molecule has 128 valence electrons. The highest BCUT2D eigenvalue weighted by Gasteiger charge is 2.07. The van der Waals surface area contributed by atoms with Gasteiger partial charge in [0, 0.05) is 18.4 Å². The quantitative estimate of drug-likeness (QED) is 0.768. The lowest BCUT2D eigenvalue weighted by Crippen LogP contribution is -2.27. The van der Waals surface area contributed by atoms with Gasteiger partial charge in [-0.05, 0) is 70.2 Å². The largest absolute Gasteiger partial charge is 0.354 e. The van der Waals surface area contributed by atoms with Crippen LogP contribution in [0.15, 0.2) is 36.7 Å². The minimum atomic E-state index is -0.0923. The number of amides is 1. The summed E-state index contributed by atoms with van der Waals surface area (Å²) in [5.41, 5.74) is 4.76. The molecule has 0 saturated heterocycles. The molecular weight excluding hydrogens is 300 g/mol. The van der Waals surface area contributed by atoms with Crippen molar-refractivity contribution in [1.82, 2.24) is 15.2 Å². The summed E-state index contributed by atoms with van der Waals surface area (Å²) in [4.78, 5) is 18.5. The Morgan fingerprint density at radius 2 is 1.75 bits per heavy atom. The van der Waals surface area contributed by atoms with Gasteiger partial charge in [0.05, 0.1) is 17.4 Å². The van der Waals surface area contributed by atoms with Crippen molar-refractivity contribution >= 4 is 17.3 Å².